The fourth-order valence-electron chi connectivity index (χ4n) is 2.62. The zero-order chi connectivity index (χ0) is 18.5. The van der Waals surface area contributed by atoms with Gasteiger partial charge in [-0.3, -0.25) is 13.9 Å². The first-order valence-electron chi connectivity index (χ1n) is 6.92. The molecule has 0 aliphatic rings. The van der Waals surface area contributed by atoms with Gasteiger partial charge >= 0.3 is 5.69 Å². The van der Waals surface area contributed by atoms with Crippen molar-refractivity contribution in [1.82, 2.24) is 14.1 Å². The third-order valence-corrected chi connectivity index (χ3v) is 5.12. The third-order valence-electron chi connectivity index (χ3n) is 3.85. The zero-order valence-electron chi connectivity index (χ0n) is 13.0. The van der Waals surface area contributed by atoms with Crippen LogP contribution in [0.25, 0.3) is 22.2 Å². The van der Waals surface area contributed by atoms with Crippen LogP contribution in [-0.2, 0) is 14.1 Å². The average Bonchev–Trinajstić information content (AvgIpc) is 2.59. The van der Waals surface area contributed by atoms with Gasteiger partial charge in [0.25, 0.3) is 5.56 Å². The summed E-state index contributed by atoms with van der Waals surface area (Å²) in [5.74, 6) is -0.523. The smallest absolute Gasteiger partial charge is 0.280 e. The normalized spacial score (nSPS) is 10.9. The van der Waals surface area contributed by atoms with E-state index in [0.29, 0.717) is 10.0 Å². The van der Waals surface area contributed by atoms with Crippen molar-refractivity contribution in [2.24, 2.45) is 14.1 Å². The van der Waals surface area contributed by atoms with Crippen LogP contribution in [0, 0.1) is 17.1 Å². The maximum Gasteiger partial charge on any atom is 0.332 e. The zero-order valence-corrected chi connectivity index (χ0v) is 16.1. The van der Waals surface area contributed by atoms with Crippen molar-refractivity contribution in [3.63, 3.8) is 0 Å². The van der Waals surface area contributed by atoms with E-state index in [1.165, 1.54) is 36.9 Å². The van der Waals surface area contributed by atoms with E-state index in [-0.39, 0.29) is 26.8 Å². The fraction of sp³-hybridized carbons (Fsp3) is 0.125. The molecule has 0 aliphatic heterocycles. The van der Waals surface area contributed by atoms with Gasteiger partial charge in [0.15, 0.2) is 5.65 Å². The summed E-state index contributed by atoms with van der Waals surface area (Å²) in [6.45, 7) is 0. The summed E-state index contributed by atoms with van der Waals surface area (Å²) in [7, 11) is 2.81. The molecule has 0 saturated carbocycles. The highest BCUT2D eigenvalue weighted by Gasteiger charge is 2.23. The molecule has 0 N–H and O–H groups in total. The number of nitriles is 1. The summed E-state index contributed by atoms with van der Waals surface area (Å²) in [4.78, 5) is 29.1. The van der Waals surface area contributed by atoms with E-state index in [0.717, 1.165) is 4.57 Å². The summed E-state index contributed by atoms with van der Waals surface area (Å²) in [5, 5.41) is 9.62. The van der Waals surface area contributed by atoms with Gasteiger partial charge in [0.1, 0.15) is 16.5 Å². The minimum Gasteiger partial charge on any atom is -0.280 e. The molecule has 0 radical (unpaired) electrons. The van der Waals surface area contributed by atoms with Crippen molar-refractivity contribution in [2.75, 3.05) is 0 Å². The summed E-state index contributed by atoms with van der Waals surface area (Å²) >= 11 is 6.53. The Morgan fingerprint density at radius 2 is 1.88 bits per heavy atom. The van der Waals surface area contributed by atoms with Gasteiger partial charge in [-0.2, -0.15) is 5.26 Å². The lowest BCUT2D eigenvalue weighted by molar-refractivity contribution is 0.628. The number of pyridine rings is 1. The van der Waals surface area contributed by atoms with Crippen LogP contribution in [0.15, 0.2) is 36.9 Å². The Morgan fingerprint density at radius 1 is 1.20 bits per heavy atom. The Kier molecular flexibility index (Phi) is 4.34. The Morgan fingerprint density at radius 3 is 2.52 bits per heavy atom. The molecule has 2 aromatic heterocycles. The largest absolute Gasteiger partial charge is 0.332 e. The van der Waals surface area contributed by atoms with Crippen molar-refractivity contribution in [3.8, 4) is 17.2 Å². The molecule has 0 saturated heterocycles. The Balaban J connectivity index is 2.71. The summed E-state index contributed by atoms with van der Waals surface area (Å²) < 4.78 is 16.6. The van der Waals surface area contributed by atoms with Crippen LogP contribution in [0.5, 0.6) is 0 Å². The molecule has 1 aromatic carbocycles. The molecule has 0 spiro atoms. The first kappa shape index (κ1) is 17.5. The third kappa shape index (κ3) is 2.62. The lowest BCUT2D eigenvalue weighted by atomic mass is 9.98. The molecule has 25 heavy (non-hydrogen) atoms. The summed E-state index contributed by atoms with van der Waals surface area (Å²) in [6.07, 6.45) is 0. The van der Waals surface area contributed by atoms with Crippen molar-refractivity contribution in [2.45, 2.75) is 0 Å². The molecule has 0 aliphatic carbocycles. The molecular formula is C16H9Br2FN4O2. The number of hydrogen-bond acceptors (Lipinski definition) is 4. The van der Waals surface area contributed by atoms with Crippen LogP contribution in [0.3, 0.4) is 0 Å². The van der Waals surface area contributed by atoms with E-state index in [4.69, 9.17) is 0 Å². The van der Waals surface area contributed by atoms with Gasteiger partial charge in [0, 0.05) is 29.7 Å². The number of nitrogens with zero attached hydrogens (tertiary/aromatic N) is 4. The van der Waals surface area contributed by atoms with Crippen LogP contribution in [0.1, 0.15) is 5.56 Å². The number of fused-ring (bicyclic) bond motifs is 1. The van der Waals surface area contributed by atoms with Crippen molar-refractivity contribution < 1.29 is 4.39 Å². The van der Waals surface area contributed by atoms with E-state index in [2.05, 4.69) is 36.8 Å². The van der Waals surface area contributed by atoms with Crippen molar-refractivity contribution in [1.29, 1.82) is 5.26 Å². The van der Waals surface area contributed by atoms with E-state index in [1.54, 1.807) is 0 Å². The second kappa shape index (κ2) is 6.20. The van der Waals surface area contributed by atoms with Crippen molar-refractivity contribution in [3.05, 3.63) is 59.5 Å². The first-order chi connectivity index (χ1) is 11.8. The summed E-state index contributed by atoms with van der Waals surface area (Å²) in [6, 6.07) is 5.95. The maximum absolute atomic E-state index is 13.8. The van der Waals surface area contributed by atoms with Crippen LogP contribution in [0.4, 0.5) is 4.39 Å². The monoisotopic (exact) mass is 466 g/mol. The van der Waals surface area contributed by atoms with Crippen molar-refractivity contribution >= 4 is 42.9 Å². The lowest BCUT2D eigenvalue weighted by Gasteiger charge is -2.14. The second-order valence-electron chi connectivity index (χ2n) is 5.29. The number of rotatable bonds is 1. The van der Waals surface area contributed by atoms with Gasteiger partial charge in [0.2, 0.25) is 0 Å². The second-order valence-corrected chi connectivity index (χ2v) is 6.90. The SMILES string of the molecule is Cn1c(=O)c2c(-c3cc(F)ccc3Br)c(C#N)c(Br)nc2n(C)c1=O. The predicted octanol–water partition coefficient (Wildman–Crippen LogP) is 2.83. The summed E-state index contributed by atoms with van der Waals surface area (Å²) in [5.41, 5.74) is -0.450. The van der Waals surface area contributed by atoms with E-state index < -0.39 is 17.1 Å². The highest BCUT2D eigenvalue weighted by molar-refractivity contribution is 9.10. The van der Waals surface area contributed by atoms with Gasteiger partial charge in [-0.25, -0.2) is 14.2 Å². The molecule has 9 heteroatoms. The molecule has 0 fully saturated rings. The topological polar surface area (TPSA) is 80.7 Å². The number of aromatic nitrogens is 3. The molecule has 0 unspecified atom stereocenters. The van der Waals surface area contributed by atoms with Gasteiger partial charge in [-0.15, -0.1) is 0 Å². The Labute approximate surface area is 157 Å². The van der Waals surface area contributed by atoms with Gasteiger partial charge in [-0.05, 0) is 34.1 Å². The van der Waals surface area contributed by atoms with Gasteiger partial charge < -0.3 is 0 Å². The highest BCUT2D eigenvalue weighted by atomic mass is 79.9. The van der Waals surface area contributed by atoms with Crippen LogP contribution >= 0.6 is 31.9 Å². The number of benzene rings is 1. The Bertz CT molecular complexity index is 1210. The number of hydrogen-bond donors (Lipinski definition) is 0. The molecular weight excluding hydrogens is 459 g/mol. The van der Waals surface area contributed by atoms with Gasteiger partial charge in [-0.1, -0.05) is 15.9 Å². The standard InChI is InChI=1S/C16H9Br2FN4O2/c1-22-14-12(15(24)23(2)16(22)25)11(9(6-20)13(18)21-14)8-5-7(19)3-4-10(8)17/h3-5H,1-2H3. The lowest BCUT2D eigenvalue weighted by Crippen LogP contribution is -2.37. The number of aryl methyl sites for hydroxylation is 1. The van der Waals surface area contributed by atoms with Gasteiger partial charge in [0.05, 0.1) is 10.9 Å². The van der Waals surface area contributed by atoms with Crippen LogP contribution in [0.2, 0.25) is 0 Å². The molecule has 6 nitrogen and oxygen atoms in total. The molecule has 126 valence electrons. The van der Waals surface area contributed by atoms with E-state index >= 15 is 0 Å². The first-order valence-corrected chi connectivity index (χ1v) is 8.51. The molecule has 3 aromatic rings. The van der Waals surface area contributed by atoms with Crippen LogP contribution < -0.4 is 11.2 Å². The van der Waals surface area contributed by atoms with Crippen LogP contribution in [-0.4, -0.2) is 14.1 Å². The maximum atomic E-state index is 13.8. The molecule has 0 atom stereocenters. The van der Waals surface area contributed by atoms with E-state index in [1.807, 2.05) is 6.07 Å². The highest BCUT2D eigenvalue weighted by Crippen LogP contribution is 2.37. The predicted molar refractivity (Wildman–Crippen MR) is 97.7 cm³/mol. The molecule has 3 rings (SSSR count). The Hall–Kier alpha value is -2.31. The minimum absolute atomic E-state index is 0.0654. The quantitative estimate of drug-likeness (QED) is 0.515. The fourth-order valence-corrected chi connectivity index (χ4v) is 3.52. The van der Waals surface area contributed by atoms with E-state index in [9.17, 15) is 19.2 Å². The molecule has 0 bridgehead atoms. The molecule has 2 heterocycles. The number of halogens is 3. The average molecular weight is 468 g/mol. The minimum atomic E-state index is -0.610. The molecule has 0 amide bonds.